The molecule has 1 heterocycles. The number of benzene rings is 2. The van der Waals surface area contributed by atoms with Gasteiger partial charge in [-0.15, -0.1) is 0 Å². The summed E-state index contributed by atoms with van der Waals surface area (Å²) in [6.07, 6.45) is 5.73. The van der Waals surface area contributed by atoms with Crippen LogP contribution in [0, 0.1) is 6.92 Å². The van der Waals surface area contributed by atoms with Crippen LogP contribution in [0.5, 0.6) is 0 Å². The Balaban J connectivity index is 2.09. The van der Waals surface area contributed by atoms with Gasteiger partial charge in [-0.1, -0.05) is 18.2 Å². The van der Waals surface area contributed by atoms with E-state index >= 15 is 0 Å². The number of aryl methyl sites for hydroxylation is 2. The average Bonchev–Trinajstić information content (AvgIpc) is 2.99. The van der Waals surface area contributed by atoms with Crippen molar-refractivity contribution in [3.8, 4) is 11.1 Å². The van der Waals surface area contributed by atoms with Crippen LogP contribution in [0.4, 0.5) is 0 Å². The van der Waals surface area contributed by atoms with Crippen LogP contribution in [0.15, 0.2) is 55.1 Å². The zero-order chi connectivity index (χ0) is 18.8. The predicted molar refractivity (Wildman–Crippen MR) is 95.2 cm³/mol. The number of hydrogen-bond donors (Lipinski definition) is 2. The SMILES string of the molecule is Cc1cc(-c2ccc(C(=O)O)cc2Cn2cc[n+](C)c2)ccc1C(=O)O. The fraction of sp³-hybridized carbons (Fsp3) is 0.150. The molecular formula is C20H19N2O4+. The Morgan fingerprint density at radius 3 is 2.42 bits per heavy atom. The van der Waals surface area contributed by atoms with E-state index in [-0.39, 0.29) is 11.1 Å². The third-order valence-electron chi connectivity index (χ3n) is 4.30. The van der Waals surface area contributed by atoms with Crippen molar-refractivity contribution in [2.24, 2.45) is 7.05 Å². The number of nitrogens with zero attached hydrogens (tertiary/aromatic N) is 2. The zero-order valence-electron chi connectivity index (χ0n) is 14.5. The third-order valence-corrected chi connectivity index (χ3v) is 4.30. The van der Waals surface area contributed by atoms with Crippen molar-refractivity contribution < 1.29 is 24.4 Å². The summed E-state index contributed by atoms with van der Waals surface area (Å²) in [5.41, 5.74) is 3.73. The Bertz CT molecular complexity index is 1000. The minimum Gasteiger partial charge on any atom is -0.478 e. The van der Waals surface area contributed by atoms with Gasteiger partial charge in [0.2, 0.25) is 6.33 Å². The van der Waals surface area contributed by atoms with Crippen molar-refractivity contribution in [1.29, 1.82) is 0 Å². The van der Waals surface area contributed by atoms with Gasteiger partial charge in [-0.3, -0.25) is 0 Å². The molecule has 1 aromatic heterocycles. The van der Waals surface area contributed by atoms with Crippen molar-refractivity contribution in [2.75, 3.05) is 0 Å². The van der Waals surface area contributed by atoms with Gasteiger partial charge < -0.3 is 10.2 Å². The molecule has 0 saturated heterocycles. The van der Waals surface area contributed by atoms with E-state index in [0.29, 0.717) is 12.1 Å². The largest absolute Gasteiger partial charge is 0.478 e. The summed E-state index contributed by atoms with van der Waals surface area (Å²) in [5.74, 6) is -1.94. The highest BCUT2D eigenvalue weighted by molar-refractivity contribution is 5.91. The average molecular weight is 351 g/mol. The van der Waals surface area contributed by atoms with E-state index in [4.69, 9.17) is 0 Å². The molecule has 0 aliphatic carbocycles. The highest BCUT2D eigenvalue weighted by Gasteiger charge is 2.15. The van der Waals surface area contributed by atoms with Crippen LogP contribution >= 0.6 is 0 Å². The van der Waals surface area contributed by atoms with Gasteiger partial charge >= 0.3 is 11.9 Å². The van der Waals surface area contributed by atoms with Crippen molar-refractivity contribution in [3.63, 3.8) is 0 Å². The summed E-state index contributed by atoms with van der Waals surface area (Å²) >= 11 is 0. The molecule has 3 aromatic rings. The number of aromatic nitrogens is 2. The lowest BCUT2D eigenvalue weighted by atomic mass is 9.94. The lowest BCUT2D eigenvalue weighted by molar-refractivity contribution is -0.671. The van der Waals surface area contributed by atoms with E-state index in [9.17, 15) is 19.8 Å². The number of carboxylic acids is 2. The van der Waals surface area contributed by atoms with Crippen LogP contribution in [0.2, 0.25) is 0 Å². The summed E-state index contributed by atoms with van der Waals surface area (Å²) in [6.45, 7) is 2.27. The lowest BCUT2D eigenvalue weighted by Crippen LogP contribution is -2.23. The summed E-state index contributed by atoms with van der Waals surface area (Å²) in [5, 5.41) is 18.5. The van der Waals surface area contributed by atoms with E-state index in [0.717, 1.165) is 16.7 Å². The van der Waals surface area contributed by atoms with Crippen LogP contribution in [-0.4, -0.2) is 26.7 Å². The van der Waals surface area contributed by atoms with Gasteiger partial charge in [-0.25, -0.2) is 18.7 Å². The van der Waals surface area contributed by atoms with Crippen LogP contribution in [0.1, 0.15) is 31.8 Å². The number of aromatic carboxylic acids is 2. The lowest BCUT2D eigenvalue weighted by Gasteiger charge is -2.11. The third kappa shape index (κ3) is 3.49. The smallest absolute Gasteiger partial charge is 0.335 e. The van der Waals surface area contributed by atoms with Crippen LogP contribution in [0.3, 0.4) is 0 Å². The van der Waals surface area contributed by atoms with Gasteiger partial charge in [0.25, 0.3) is 0 Å². The molecule has 6 heteroatoms. The van der Waals surface area contributed by atoms with E-state index in [1.165, 1.54) is 0 Å². The molecule has 0 aliphatic rings. The molecule has 2 aromatic carbocycles. The second-order valence-electron chi connectivity index (χ2n) is 6.26. The van der Waals surface area contributed by atoms with E-state index < -0.39 is 11.9 Å². The first-order valence-electron chi connectivity index (χ1n) is 8.06. The maximum atomic E-state index is 11.4. The van der Waals surface area contributed by atoms with Crippen LogP contribution in [-0.2, 0) is 13.6 Å². The maximum Gasteiger partial charge on any atom is 0.335 e. The monoisotopic (exact) mass is 351 g/mol. The van der Waals surface area contributed by atoms with Crippen LogP contribution < -0.4 is 4.57 Å². The molecule has 6 nitrogen and oxygen atoms in total. The normalized spacial score (nSPS) is 10.7. The molecule has 0 saturated carbocycles. The number of imidazole rings is 1. The Morgan fingerprint density at radius 2 is 1.85 bits per heavy atom. The first-order valence-corrected chi connectivity index (χ1v) is 8.06. The minimum absolute atomic E-state index is 0.221. The Labute approximate surface area is 150 Å². The molecule has 0 spiro atoms. The zero-order valence-corrected chi connectivity index (χ0v) is 14.5. The first-order chi connectivity index (χ1) is 12.3. The molecule has 0 radical (unpaired) electrons. The summed E-state index contributed by atoms with van der Waals surface area (Å²) < 4.78 is 3.87. The quantitative estimate of drug-likeness (QED) is 0.693. The molecule has 26 heavy (non-hydrogen) atoms. The Morgan fingerprint density at radius 1 is 1.08 bits per heavy atom. The number of rotatable bonds is 5. The highest BCUT2D eigenvalue weighted by atomic mass is 16.4. The number of hydrogen-bond acceptors (Lipinski definition) is 2. The van der Waals surface area contributed by atoms with Gasteiger partial charge in [-0.2, -0.15) is 0 Å². The van der Waals surface area contributed by atoms with E-state index in [1.807, 2.05) is 41.0 Å². The van der Waals surface area contributed by atoms with Crippen molar-refractivity contribution in [3.05, 3.63) is 77.4 Å². The number of carbonyl (C=O) groups is 2. The molecule has 0 atom stereocenters. The van der Waals surface area contributed by atoms with Crippen molar-refractivity contribution >= 4 is 11.9 Å². The van der Waals surface area contributed by atoms with Crippen molar-refractivity contribution in [1.82, 2.24) is 4.57 Å². The highest BCUT2D eigenvalue weighted by Crippen LogP contribution is 2.28. The van der Waals surface area contributed by atoms with Crippen LogP contribution in [0.25, 0.3) is 11.1 Å². The summed E-state index contributed by atoms with van der Waals surface area (Å²) in [6, 6.07) is 10.2. The fourth-order valence-electron chi connectivity index (χ4n) is 3.00. The molecule has 0 bridgehead atoms. The van der Waals surface area contributed by atoms with Gasteiger partial charge in [0.05, 0.1) is 18.2 Å². The molecule has 0 unspecified atom stereocenters. The minimum atomic E-state index is -0.978. The molecule has 3 rings (SSSR count). The molecule has 0 aliphatic heterocycles. The van der Waals surface area contributed by atoms with E-state index in [2.05, 4.69) is 0 Å². The van der Waals surface area contributed by atoms with Gasteiger partial charge in [0, 0.05) is 5.56 Å². The Kier molecular flexibility index (Phi) is 4.58. The fourth-order valence-corrected chi connectivity index (χ4v) is 3.00. The first kappa shape index (κ1) is 17.4. The maximum absolute atomic E-state index is 11.4. The molecular weight excluding hydrogens is 332 g/mol. The molecule has 0 amide bonds. The number of carboxylic acid groups (broad SMARTS) is 2. The summed E-state index contributed by atoms with van der Waals surface area (Å²) in [7, 11) is 1.92. The topological polar surface area (TPSA) is 83.4 Å². The molecule has 2 N–H and O–H groups in total. The molecule has 0 fully saturated rings. The van der Waals surface area contributed by atoms with Gasteiger partial charge in [0.1, 0.15) is 18.9 Å². The molecule has 132 valence electrons. The van der Waals surface area contributed by atoms with Gasteiger partial charge in [-0.05, 0) is 41.8 Å². The van der Waals surface area contributed by atoms with Crippen molar-refractivity contribution in [2.45, 2.75) is 13.5 Å². The summed E-state index contributed by atoms with van der Waals surface area (Å²) in [4.78, 5) is 22.6. The standard InChI is InChI=1S/C20H18N2O4/c1-13-9-14(3-5-17(13)20(25)26)18-6-4-15(19(23)24)10-16(18)11-22-8-7-21(2)12-22/h3-10,12H,11H2,1-2H3,(H-,23,24,25,26)/p+1. The van der Waals surface area contributed by atoms with E-state index in [1.54, 1.807) is 37.3 Å². The van der Waals surface area contributed by atoms with Gasteiger partial charge in [0.15, 0.2) is 0 Å². The second kappa shape index (κ2) is 6.84. The predicted octanol–water partition coefficient (Wildman–Crippen LogP) is 2.73. The second-order valence-corrected chi connectivity index (χ2v) is 6.26. The Hall–Kier alpha value is -3.41.